The minimum atomic E-state index is -0.0157. The van der Waals surface area contributed by atoms with Gasteiger partial charge in [0.05, 0.1) is 0 Å². The molecule has 0 atom stereocenters. The highest BCUT2D eigenvalue weighted by Crippen LogP contribution is 2.47. The Morgan fingerprint density at radius 1 is 0.271 bits per heavy atom. The minimum absolute atomic E-state index is 0.0157. The first-order valence-corrected chi connectivity index (χ1v) is 20.2. The molecule has 278 valence electrons. The van der Waals surface area contributed by atoms with Crippen molar-refractivity contribution in [3.63, 3.8) is 0 Å². The van der Waals surface area contributed by atoms with Crippen molar-refractivity contribution in [3.8, 4) is 0 Å². The summed E-state index contributed by atoms with van der Waals surface area (Å²) in [5.41, 5.74) is 17.4. The van der Waals surface area contributed by atoms with Gasteiger partial charge >= 0.3 is 0 Å². The fourth-order valence-electron chi connectivity index (χ4n) is 9.10. The van der Waals surface area contributed by atoms with E-state index in [9.17, 15) is 0 Å². The van der Waals surface area contributed by atoms with Crippen molar-refractivity contribution < 1.29 is 0 Å². The van der Waals surface area contributed by atoms with Crippen LogP contribution in [0.4, 0.5) is 68.2 Å². The summed E-state index contributed by atoms with van der Waals surface area (Å²) in [4.78, 5) is 9.65. The van der Waals surface area contributed by atoms with Crippen LogP contribution in [-0.4, -0.2) is 6.71 Å². The Morgan fingerprint density at radius 3 is 0.932 bits per heavy atom. The lowest BCUT2D eigenvalue weighted by atomic mass is 9.33. The molecular weight excluding hydrogens is 715 g/mol. The van der Waals surface area contributed by atoms with Gasteiger partial charge in [-0.15, -0.1) is 0 Å². The van der Waals surface area contributed by atoms with E-state index in [-0.39, 0.29) is 6.71 Å². The molecule has 9 aromatic rings. The van der Waals surface area contributed by atoms with E-state index >= 15 is 0 Å². The van der Waals surface area contributed by atoms with Crippen LogP contribution in [0.15, 0.2) is 237 Å². The van der Waals surface area contributed by atoms with Gasteiger partial charge in [-0.3, -0.25) is 0 Å². The van der Waals surface area contributed by atoms with Crippen LogP contribution in [-0.2, 0) is 0 Å². The highest BCUT2D eigenvalue weighted by molar-refractivity contribution is 7.00. The van der Waals surface area contributed by atoms with Crippen molar-refractivity contribution in [2.24, 2.45) is 0 Å². The van der Waals surface area contributed by atoms with Crippen LogP contribution >= 0.6 is 0 Å². The molecule has 0 unspecified atom stereocenters. The number of anilines is 12. The molecule has 0 spiro atoms. The van der Waals surface area contributed by atoms with Gasteiger partial charge in [0.1, 0.15) is 0 Å². The van der Waals surface area contributed by atoms with Crippen molar-refractivity contribution in [1.29, 1.82) is 0 Å². The molecule has 0 fully saturated rings. The summed E-state index contributed by atoms with van der Waals surface area (Å²) in [5, 5.41) is 0. The summed E-state index contributed by atoms with van der Waals surface area (Å²) >= 11 is 0. The Hall–Kier alpha value is -7.76. The molecule has 2 aliphatic rings. The Kier molecular flexibility index (Phi) is 8.56. The van der Waals surface area contributed by atoms with Crippen molar-refractivity contribution in [2.75, 3.05) is 19.6 Å². The highest BCUT2D eigenvalue weighted by atomic mass is 15.2. The van der Waals surface area contributed by atoms with Crippen LogP contribution in [0.2, 0.25) is 0 Å². The quantitative estimate of drug-likeness (QED) is 0.143. The molecule has 0 radical (unpaired) electrons. The lowest BCUT2D eigenvalue weighted by Gasteiger charge is -2.44. The fourth-order valence-corrected chi connectivity index (χ4v) is 9.10. The topological polar surface area (TPSA) is 13.0 Å². The third-order valence-corrected chi connectivity index (χ3v) is 11.6. The van der Waals surface area contributed by atoms with E-state index in [2.05, 4.69) is 256 Å². The average molecular weight is 755 g/mol. The van der Waals surface area contributed by atoms with E-state index in [4.69, 9.17) is 0 Å². The van der Waals surface area contributed by atoms with E-state index in [0.29, 0.717) is 0 Å². The third kappa shape index (κ3) is 5.95. The lowest BCUT2D eigenvalue weighted by molar-refractivity contribution is 1.23. The zero-order valence-electron chi connectivity index (χ0n) is 32.4. The summed E-state index contributed by atoms with van der Waals surface area (Å²) < 4.78 is 0. The molecule has 9 aromatic carbocycles. The first kappa shape index (κ1) is 34.5. The van der Waals surface area contributed by atoms with E-state index < -0.39 is 0 Å². The molecule has 2 aliphatic heterocycles. The van der Waals surface area contributed by atoms with Gasteiger partial charge in [0, 0.05) is 68.2 Å². The molecule has 0 N–H and O–H groups in total. The molecule has 5 heteroatoms. The van der Waals surface area contributed by atoms with Crippen LogP contribution in [0.1, 0.15) is 0 Å². The third-order valence-electron chi connectivity index (χ3n) is 11.6. The Bertz CT molecular complexity index is 2620. The Morgan fingerprint density at radius 2 is 0.593 bits per heavy atom. The second kappa shape index (κ2) is 14.6. The van der Waals surface area contributed by atoms with E-state index in [1.165, 1.54) is 39.1 Å². The summed E-state index contributed by atoms with van der Waals surface area (Å²) in [6.07, 6.45) is 0. The predicted octanol–water partition coefficient (Wildman–Crippen LogP) is 12.7. The number of rotatable bonds is 8. The standard InChI is InChI=1S/C54H39BN4/c1-7-20-40(21-8-1)56(41-22-9-2-10-23-41)46-34-36-48-52(38-46)58(44-28-15-5-16-29-44)50-32-19-33-51-54(50)55(48)49-37-35-47(39-53(49)59(51)45-30-17-6-18-31-45)57(42-24-11-3-12-25-42)43-26-13-4-14-27-43/h1-39H. The number of nitrogens with zero attached hydrogens (tertiary/aromatic N) is 4. The molecule has 0 aliphatic carbocycles. The van der Waals surface area contributed by atoms with Crippen LogP contribution in [0.25, 0.3) is 0 Å². The van der Waals surface area contributed by atoms with Crippen LogP contribution < -0.4 is 36.0 Å². The number of para-hydroxylation sites is 6. The molecule has 0 saturated heterocycles. The average Bonchev–Trinajstić information content (AvgIpc) is 3.31. The Balaban J connectivity index is 1.17. The lowest BCUT2D eigenvalue weighted by Crippen LogP contribution is -2.61. The number of hydrogen-bond acceptors (Lipinski definition) is 4. The molecule has 2 heterocycles. The van der Waals surface area contributed by atoms with Gasteiger partial charge in [-0.25, -0.2) is 0 Å². The SMILES string of the molecule is c1ccc(N(c2ccccc2)c2ccc3c(c2)N(c2ccccc2)c2cccc4c2B3c2ccc(N(c3ccccc3)c3ccccc3)cc2N4c2ccccc2)cc1. The van der Waals surface area contributed by atoms with E-state index in [1.807, 2.05) is 0 Å². The minimum Gasteiger partial charge on any atom is -0.311 e. The smallest absolute Gasteiger partial charge is 0.252 e. The fraction of sp³-hybridized carbons (Fsp3) is 0. The highest BCUT2D eigenvalue weighted by Gasteiger charge is 2.43. The van der Waals surface area contributed by atoms with E-state index in [1.54, 1.807) is 0 Å². The van der Waals surface area contributed by atoms with Crippen molar-refractivity contribution >= 4 is 91.3 Å². The summed E-state index contributed by atoms with van der Waals surface area (Å²) in [5.74, 6) is 0. The van der Waals surface area contributed by atoms with Gasteiger partial charge in [-0.05, 0) is 126 Å². The van der Waals surface area contributed by atoms with Crippen molar-refractivity contribution in [3.05, 3.63) is 237 Å². The maximum atomic E-state index is 2.47. The first-order valence-electron chi connectivity index (χ1n) is 20.2. The second-order valence-electron chi connectivity index (χ2n) is 15.0. The summed E-state index contributed by atoms with van der Waals surface area (Å²) in [6.45, 7) is -0.0157. The van der Waals surface area contributed by atoms with E-state index in [0.717, 1.165) is 45.5 Å². The van der Waals surface area contributed by atoms with Crippen LogP contribution in [0.3, 0.4) is 0 Å². The van der Waals surface area contributed by atoms with Crippen molar-refractivity contribution in [2.45, 2.75) is 0 Å². The number of benzene rings is 9. The molecule has 0 aromatic heterocycles. The first-order chi connectivity index (χ1) is 29.3. The maximum Gasteiger partial charge on any atom is 0.252 e. The summed E-state index contributed by atoms with van der Waals surface area (Å²) in [7, 11) is 0. The van der Waals surface area contributed by atoms with Crippen LogP contribution in [0, 0.1) is 0 Å². The molecule has 0 bridgehead atoms. The van der Waals surface area contributed by atoms with Gasteiger partial charge in [0.25, 0.3) is 6.71 Å². The molecular formula is C54H39BN4. The molecule has 0 saturated carbocycles. The van der Waals surface area contributed by atoms with Gasteiger partial charge in [-0.2, -0.15) is 0 Å². The molecule has 4 nitrogen and oxygen atoms in total. The zero-order chi connectivity index (χ0) is 39.1. The predicted molar refractivity (Wildman–Crippen MR) is 250 cm³/mol. The van der Waals surface area contributed by atoms with Gasteiger partial charge in [0.15, 0.2) is 0 Å². The molecule has 0 amide bonds. The van der Waals surface area contributed by atoms with Gasteiger partial charge in [0.2, 0.25) is 0 Å². The molecule has 59 heavy (non-hydrogen) atoms. The number of fused-ring (bicyclic) bond motifs is 4. The zero-order valence-corrected chi connectivity index (χ0v) is 32.4. The van der Waals surface area contributed by atoms with Crippen molar-refractivity contribution in [1.82, 2.24) is 0 Å². The van der Waals surface area contributed by atoms with Gasteiger partial charge in [-0.1, -0.05) is 127 Å². The maximum absolute atomic E-state index is 2.47. The van der Waals surface area contributed by atoms with Gasteiger partial charge < -0.3 is 19.6 Å². The Labute approximate surface area is 346 Å². The normalized spacial score (nSPS) is 12.3. The largest absolute Gasteiger partial charge is 0.311 e. The monoisotopic (exact) mass is 754 g/mol. The second-order valence-corrected chi connectivity index (χ2v) is 15.0. The number of hydrogen-bond donors (Lipinski definition) is 0. The summed E-state index contributed by atoms with van der Waals surface area (Å²) in [6, 6.07) is 85.3. The van der Waals surface area contributed by atoms with Crippen LogP contribution in [0.5, 0.6) is 0 Å². The molecule has 11 rings (SSSR count).